The van der Waals surface area contributed by atoms with Crippen molar-refractivity contribution in [3.05, 3.63) is 101 Å². The largest absolute Gasteiger partial charge is 0.385 e. The molecule has 6 heteroatoms. The van der Waals surface area contributed by atoms with Crippen molar-refractivity contribution in [2.75, 3.05) is 0 Å². The summed E-state index contributed by atoms with van der Waals surface area (Å²) in [5, 5.41) is 0. The van der Waals surface area contributed by atoms with Gasteiger partial charge in [-0.3, -0.25) is 4.79 Å². The standard InChI is InChI=1S/C32H35NO4S/c1-32-19-18-28-27-15-13-26(20-25(27)12-14-29(28)30(32)16-17-31(32)34)37-38(35,36)33(21-23-8-4-2-5-9-23)22-24-10-6-3-7-11-24/h2-11,13,15,20,28-30H,12,14,16-19,21-22H2,1H3/t28-,29-,30+,32+/m1/s1. The van der Waals surface area contributed by atoms with Crippen molar-refractivity contribution in [2.24, 2.45) is 17.3 Å². The van der Waals surface area contributed by atoms with Gasteiger partial charge >= 0.3 is 10.3 Å². The fraction of sp³-hybridized carbons (Fsp3) is 0.406. The summed E-state index contributed by atoms with van der Waals surface area (Å²) < 4.78 is 34.3. The second-order valence-corrected chi connectivity index (χ2v) is 13.0. The monoisotopic (exact) mass is 529 g/mol. The molecule has 0 bridgehead atoms. The Bertz CT molecular complexity index is 1380. The van der Waals surface area contributed by atoms with Crippen LogP contribution in [0.5, 0.6) is 5.75 Å². The van der Waals surface area contributed by atoms with E-state index in [-0.39, 0.29) is 18.5 Å². The normalized spacial score (nSPS) is 26.5. The van der Waals surface area contributed by atoms with E-state index in [0.29, 0.717) is 29.3 Å². The van der Waals surface area contributed by atoms with Crippen molar-refractivity contribution in [3.63, 3.8) is 0 Å². The van der Waals surface area contributed by atoms with E-state index in [9.17, 15) is 13.2 Å². The third-order valence-electron chi connectivity index (χ3n) is 9.33. The van der Waals surface area contributed by atoms with Crippen LogP contribution in [0.2, 0.25) is 0 Å². The number of nitrogens with zero attached hydrogens (tertiary/aromatic N) is 1. The SMILES string of the molecule is C[C@]12CC[C@@H]3c4ccc(OS(=O)(=O)N(Cc5ccccc5)Cc5ccccc5)cc4CC[C@H]3[C@@H]1CCC2=O. The second-order valence-electron chi connectivity index (χ2n) is 11.5. The first-order chi connectivity index (χ1) is 18.3. The average molecular weight is 530 g/mol. The number of rotatable bonds is 7. The van der Waals surface area contributed by atoms with Gasteiger partial charge in [0.1, 0.15) is 11.5 Å². The van der Waals surface area contributed by atoms with Crippen LogP contribution >= 0.6 is 0 Å². The van der Waals surface area contributed by atoms with Crippen molar-refractivity contribution in [1.29, 1.82) is 0 Å². The molecule has 3 aromatic carbocycles. The lowest BCUT2D eigenvalue weighted by molar-refractivity contribution is -0.129. The quantitative estimate of drug-likeness (QED) is 0.353. The molecule has 3 aromatic rings. The van der Waals surface area contributed by atoms with Crippen molar-refractivity contribution < 1.29 is 17.4 Å². The molecule has 0 saturated heterocycles. The van der Waals surface area contributed by atoms with Gasteiger partial charge in [-0.05, 0) is 84.2 Å². The van der Waals surface area contributed by atoms with Crippen molar-refractivity contribution in [3.8, 4) is 5.75 Å². The summed E-state index contributed by atoms with van der Waals surface area (Å²) in [6.07, 6.45) is 5.67. The molecule has 3 aliphatic carbocycles. The first kappa shape index (κ1) is 25.3. The summed E-state index contributed by atoms with van der Waals surface area (Å²) in [5.41, 5.74) is 4.17. The molecule has 0 spiro atoms. The molecule has 0 radical (unpaired) electrons. The van der Waals surface area contributed by atoms with Crippen LogP contribution in [0.3, 0.4) is 0 Å². The molecule has 0 unspecified atom stereocenters. The number of ketones is 1. The number of aryl methyl sites for hydroxylation is 1. The van der Waals surface area contributed by atoms with Gasteiger partial charge in [-0.15, -0.1) is 0 Å². The number of hydrogen-bond acceptors (Lipinski definition) is 4. The van der Waals surface area contributed by atoms with Crippen LogP contribution in [0.25, 0.3) is 0 Å². The highest BCUT2D eigenvalue weighted by atomic mass is 32.2. The lowest BCUT2D eigenvalue weighted by atomic mass is 9.55. The molecular weight excluding hydrogens is 494 g/mol. The molecule has 0 aromatic heterocycles. The maximum absolute atomic E-state index is 13.6. The van der Waals surface area contributed by atoms with E-state index in [4.69, 9.17) is 4.18 Å². The van der Waals surface area contributed by atoms with Crippen LogP contribution in [-0.4, -0.2) is 18.5 Å². The minimum atomic E-state index is -4.05. The molecule has 3 aliphatic rings. The summed E-state index contributed by atoms with van der Waals surface area (Å²) in [4.78, 5) is 12.6. The van der Waals surface area contributed by atoms with Gasteiger partial charge in [0.25, 0.3) is 0 Å². The fourth-order valence-corrected chi connectivity index (χ4v) is 8.41. The minimum Gasteiger partial charge on any atom is -0.371 e. The van der Waals surface area contributed by atoms with Gasteiger partial charge < -0.3 is 4.18 Å². The third-order valence-corrected chi connectivity index (χ3v) is 10.6. The van der Waals surface area contributed by atoms with Crippen molar-refractivity contribution in [2.45, 2.75) is 64.5 Å². The van der Waals surface area contributed by atoms with Gasteiger partial charge in [0, 0.05) is 24.9 Å². The van der Waals surface area contributed by atoms with E-state index >= 15 is 0 Å². The number of benzene rings is 3. The predicted molar refractivity (Wildman–Crippen MR) is 148 cm³/mol. The summed E-state index contributed by atoms with van der Waals surface area (Å²) in [6, 6.07) is 25.0. The highest BCUT2D eigenvalue weighted by Crippen LogP contribution is 2.59. The Morgan fingerprint density at radius 2 is 1.53 bits per heavy atom. The molecule has 198 valence electrons. The van der Waals surface area contributed by atoms with Crippen LogP contribution in [0.4, 0.5) is 0 Å². The Morgan fingerprint density at radius 1 is 0.868 bits per heavy atom. The number of Topliss-reactive ketones (excluding diaryl/α,β-unsaturated/α-hetero) is 1. The van der Waals surface area contributed by atoms with Crippen molar-refractivity contribution >= 4 is 16.1 Å². The van der Waals surface area contributed by atoms with Gasteiger partial charge in [-0.2, -0.15) is 12.7 Å². The zero-order valence-corrected chi connectivity index (χ0v) is 22.7. The van der Waals surface area contributed by atoms with E-state index in [0.717, 1.165) is 49.7 Å². The van der Waals surface area contributed by atoms with Crippen LogP contribution in [0.1, 0.15) is 67.2 Å². The molecule has 38 heavy (non-hydrogen) atoms. The molecule has 0 aliphatic heterocycles. The minimum absolute atomic E-state index is 0.142. The molecule has 0 amide bonds. The van der Waals surface area contributed by atoms with Crippen LogP contribution in [0.15, 0.2) is 78.9 Å². The van der Waals surface area contributed by atoms with Crippen LogP contribution < -0.4 is 4.18 Å². The van der Waals surface area contributed by atoms with E-state index in [1.807, 2.05) is 72.8 Å². The highest BCUT2D eigenvalue weighted by Gasteiger charge is 2.54. The summed E-state index contributed by atoms with van der Waals surface area (Å²) >= 11 is 0. The Morgan fingerprint density at radius 3 is 2.18 bits per heavy atom. The summed E-state index contributed by atoms with van der Waals surface area (Å²) in [6.45, 7) is 2.65. The second kappa shape index (κ2) is 9.97. The Balaban J connectivity index is 1.23. The van der Waals surface area contributed by atoms with Gasteiger partial charge in [-0.25, -0.2) is 0 Å². The molecule has 2 saturated carbocycles. The molecule has 5 nitrogen and oxygen atoms in total. The third kappa shape index (κ3) is 4.69. The maximum atomic E-state index is 13.6. The topological polar surface area (TPSA) is 63.7 Å². The van der Waals surface area contributed by atoms with Crippen LogP contribution in [0, 0.1) is 17.3 Å². The first-order valence-corrected chi connectivity index (χ1v) is 15.1. The van der Waals surface area contributed by atoms with Gasteiger partial charge in [-0.1, -0.05) is 73.7 Å². The van der Waals surface area contributed by atoms with E-state index < -0.39 is 10.3 Å². The van der Waals surface area contributed by atoms with Crippen LogP contribution in [-0.2, 0) is 34.6 Å². The summed E-state index contributed by atoms with van der Waals surface area (Å²) in [7, 11) is -4.05. The lowest BCUT2D eigenvalue weighted by Crippen LogP contribution is -2.42. The Kier molecular flexibility index (Phi) is 6.65. The molecule has 0 heterocycles. The molecule has 6 rings (SSSR count). The zero-order chi connectivity index (χ0) is 26.3. The lowest BCUT2D eigenvalue weighted by Gasteiger charge is -2.48. The molecule has 4 atom stereocenters. The number of hydrogen-bond donors (Lipinski definition) is 0. The molecular formula is C32H35NO4S. The zero-order valence-electron chi connectivity index (χ0n) is 21.9. The molecule has 0 N–H and O–H groups in total. The van der Waals surface area contributed by atoms with E-state index in [1.165, 1.54) is 15.4 Å². The van der Waals surface area contributed by atoms with Crippen molar-refractivity contribution in [1.82, 2.24) is 4.31 Å². The Hall–Kier alpha value is -2.96. The average Bonchev–Trinajstić information content (AvgIpc) is 3.23. The molecule has 2 fully saturated rings. The van der Waals surface area contributed by atoms with E-state index in [1.54, 1.807) is 0 Å². The van der Waals surface area contributed by atoms with Gasteiger partial charge in [0.15, 0.2) is 0 Å². The summed E-state index contributed by atoms with van der Waals surface area (Å²) in [5.74, 6) is 2.28. The number of carbonyl (C=O) groups is 1. The smallest absolute Gasteiger partial charge is 0.371 e. The number of carbonyl (C=O) groups excluding carboxylic acids is 1. The fourth-order valence-electron chi connectivity index (χ4n) is 7.34. The Labute approximate surface area is 226 Å². The van der Waals surface area contributed by atoms with E-state index in [2.05, 4.69) is 13.0 Å². The van der Waals surface area contributed by atoms with Gasteiger partial charge in [0.05, 0.1) is 0 Å². The maximum Gasteiger partial charge on any atom is 0.385 e. The number of fused-ring (bicyclic) bond motifs is 5. The van der Waals surface area contributed by atoms with Gasteiger partial charge in [0.2, 0.25) is 0 Å². The highest BCUT2D eigenvalue weighted by molar-refractivity contribution is 7.84. The predicted octanol–water partition coefficient (Wildman–Crippen LogP) is 6.44. The first-order valence-electron chi connectivity index (χ1n) is 13.8.